The summed E-state index contributed by atoms with van der Waals surface area (Å²) in [6.07, 6.45) is 5.81. The van der Waals surface area contributed by atoms with Gasteiger partial charge < -0.3 is 4.57 Å². The lowest BCUT2D eigenvalue weighted by molar-refractivity contribution is 0.685. The van der Waals surface area contributed by atoms with Crippen LogP contribution in [0.1, 0.15) is 19.7 Å². The first kappa shape index (κ1) is 14.1. The van der Waals surface area contributed by atoms with Crippen LogP contribution < -0.4 is 0 Å². The van der Waals surface area contributed by atoms with Gasteiger partial charge in [0, 0.05) is 25.4 Å². The van der Waals surface area contributed by atoms with Crippen molar-refractivity contribution in [1.29, 1.82) is 0 Å². The van der Waals surface area contributed by atoms with Crippen LogP contribution in [-0.4, -0.2) is 34.1 Å². The molecule has 21 heavy (non-hydrogen) atoms. The van der Waals surface area contributed by atoms with E-state index in [2.05, 4.69) is 29.5 Å². The number of hydrogen-bond acceptors (Lipinski definition) is 8. The van der Waals surface area contributed by atoms with Crippen molar-refractivity contribution in [3.63, 3.8) is 0 Å². The van der Waals surface area contributed by atoms with E-state index in [1.807, 2.05) is 18.4 Å². The zero-order valence-corrected chi connectivity index (χ0v) is 13.2. The molecule has 3 heterocycles. The molecular weight excluding hydrogens is 306 g/mol. The molecule has 108 valence electrons. The monoisotopic (exact) mass is 319 g/mol. The Labute approximate surface area is 130 Å². The highest BCUT2D eigenvalue weighted by atomic mass is 32.2. The summed E-state index contributed by atoms with van der Waals surface area (Å²) in [6.45, 7) is 4.84. The van der Waals surface area contributed by atoms with Crippen molar-refractivity contribution in [3.8, 4) is 11.5 Å². The highest BCUT2D eigenvalue weighted by molar-refractivity contribution is 8.00. The van der Waals surface area contributed by atoms with E-state index < -0.39 is 0 Å². The Morgan fingerprint density at radius 3 is 2.81 bits per heavy atom. The standard InChI is InChI=1S/C12H13N7S2/c1-3-9-15-12(21-18-9)20-11-17-16-10(19(11)4-2)8-7-13-5-6-14-8/h5-7H,3-4H2,1-2H3. The van der Waals surface area contributed by atoms with Gasteiger partial charge in [-0.1, -0.05) is 6.92 Å². The summed E-state index contributed by atoms with van der Waals surface area (Å²) in [7, 11) is 0. The summed E-state index contributed by atoms with van der Waals surface area (Å²) in [4.78, 5) is 12.8. The van der Waals surface area contributed by atoms with Gasteiger partial charge in [-0.2, -0.15) is 4.37 Å². The summed E-state index contributed by atoms with van der Waals surface area (Å²) in [5.41, 5.74) is 0.713. The van der Waals surface area contributed by atoms with E-state index in [1.165, 1.54) is 23.3 Å². The zero-order chi connectivity index (χ0) is 14.7. The smallest absolute Gasteiger partial charge is 0.198 e. The lowest BCUT2D eigenvalue weighted by atomic mass is 10.4. The third-order valence-corrected chi connectivity index (χ3v) is 4.54. The molecule has 0 aliphatic carbocycles. The van der Waals surface area contributed by atoms with Crippen LogP contribution in [0.25, 0.3) is 11.5 Å². The van der Waals surface area contributed by atoms with Gasteiger partial charge in [-0.05, 0) is 30.2 Å². The zero-order valence-electron chi connectivity index (χ0n) is 11.6. The summed E-state index contributed by atoms with van der Waals surface area (Å²) in [5, 5.41) is 9.26. The molecular formula is C12H13N7S2. The van der Waals surface area contributed by atoms with Crippen molar-refractivity contribution < 1.29 is 0 Å². The Bertz CT molecular complexity index is 722. The molecule has 0 N–H and O–H groups in total. The molecule has 0 spiro atoms. The molecule has 0 aliphatic heterocycles. The number of rotatable bonds is 5. The van der Waals surface area contributed by atoms with E-state index in [4.69, 9.17) is 0 Å². The molecule has 0 atom stereocenters. The van der Waals surface area contributed by atoms with Crippen molar-refractivity contribution in [2.45, 2.75) is 36.3 Å². The maximum atomic E-state index is 4.44. The van der Waals surface area contributed by atoms with Gasteiger partial charge in [-0.25, -0.2) is 9.97 Å². The second-order valence-electron chi connectivity index (χ2n) is 4.07. The minimum absolute atomic E-state index is 0.713. The Hall–Kier alpha value is -1.87. The molecule has 3 aromatic heterocycles. The van der Waals surface area contributed by atoms with E-state index in [9.17, 15) is 0 Å². The second-order valence-corrected chi connectivity index (χ2v) is 6.04. The quantitative estimate of drug-likeness (QED) is 0.713. The van der Waals surface area contributed by atoms with Gasteiger partial charge in [-0.15, -0.1) is 10.2 Å². The summed E-state index contributed by atoms with van der Waals surface area (Å²) >= 11 is 2.86. The lowest BCUT2D eigenvalue weighted by Crippen LogP contribution is -2.00. The maximum Gasteiger partial charge on any atom is 0.198 e. The Morgan fingerprint density at radius 2 is 2.14 bits per heavy atom. The number of aryl methyl sites for hydroxylation is 1. The molecule has 0 amide bonds. The molecule has 0 aromatic carbocycles. The van der Waals surface area contributed by atoms with E-state index in [0.29, 0.717) is 11.5 Å². The maximum absolute atomic E-state index is 4.44. The minimum Gasteiger partial charge on any atom is -0.301 e. The van der Waals surface area contributed by atoms with Crippen molar-refractivity contribution in [3.05, 3.63) is 24.4 Å². The average molecular weight is 319 g/mol. The van der Waals surface area contributed by atoms with Gasteiger partial charge in [0.05, 0.1) is 6.20 Å². The Morgan fingerprint density at radius 1 is 1.24 bits per heavy atom. The summed E-state index contributed by atoms with van der Waals surface area (Å²) < 4.78 is 7.16. The largest absolute Gasteiger partial charge is 0.301 e. The fourth-order valence-corrected chi connectivity index (χ4v) is 3.45. The van der Waals surface area contributed by atoms with Crippen LogP contribution in [0.3, 0.4) is 0 Å². The van der Waals surface area contributed by atoms with Crippen LogP contribution in [0, 0.1) is 0 Å². The highest BCUT2D eigenvalue weighted by Crippen LogP contribution is 2.29. The second kappa shape index (κ2) is 6.27. The molecule has 0 radical (unpaired) electrons. The molecule has 0 bridgehead atoms. The van der Waals surface area contributed by atoms with Gasteiger partial charge in [0.1, 0.15) is 11.5 Å². The molecule has 0 saturated heterocycles. The Balaban J connectivity index is 1.91. The van der Waals surface area contributed by atoms with Crippen LogP contribution in [-0.2, 0) is 13.0 Å². The van der Waals surface area contributed by atoms with E-state index in [1.54, 1.807) is 18.6 Å². The Kier molecular flexibility index (Phi) is 4.20. The van der Waals surface area contributed by atoms with Crippen LogP contribution in [0.4, 0.5) is 0 Å². The van der Waals surface area contributed by atoms with Crippen LogP contribution in [0.5, 0.6) is 0 Å². The van der Waals surface area contributed by atoms with Gasteiger partial charge in [0.25, 0.3) is 0 Å². The third kappa shape index (κ3) is 2.93. The van der Waals surface area contributed by atoms with Crippen LogP contribution in [0.15, 0.2) is 28.1 Å². The normalized spacial score (nSPS) is 11.0. The van der Waals surface area contributed by atoms with Crippen molar-refractivity contribution in [1.82, 2.24) is 34.1 Å². The number of nitrogens with zero attached hydrogens (tertiary/aromatic N) is 7. The first-order valence-corrected chi connectivity index (χ1v) is 8.10. The van der Waals surface area contributed by atoms with Gasteiger partial charge in [0.15, 0.2) is 15.3 Å². The topological polar surface area (TPSA) is 82.3 Å². The van der Waals surface area contributed by atoms with E-state index >= 15 is 0 Å². The van der Waals surface area contributed by atoms with Gasteiger partial charge in [0.2, 0.25) is 0 Å². The fourth-order valence-electron chi connectivity index (χ4n) is 1.75. The first-order chi connectivity index (χ1) is 10.3. The van der Waals surface area contributed by atoms with Crippen LogP contribution in [0.2, 0.25) is 0 Å². The van der Waals surface area contributed by atoms with Crippen LogP contribution >= 0.6 is 23.3 Å². The van der Waals surface area contributed by atoms with Crippen molar-refractivity contribution in [2.24, 2.45) is 0 Å². The minimum atomic E-state index is 0.713. The van der Waals surface area contributed by atoms with Crippen molar-refractivity contribution >= 4 is 23.3 Å². The van der Waals surface area contributed by atoms with Gasteiger partial charge >= 0.3 is 0 Å². The number of aromatic nitrogens is 7. The predicted molar refractivity (Wildman–Crippen MR) is 80.1 cm³/mol. The molecule has 3 aromatic rings. The first-order valence-electron chi connectivity index (χ1n) is 6.51. The molecule has 0 fully saturated rings. The summed E-state index contributed by atoms with van der Waals surface area (Å²) in [6, 6.07) is 0. The average Bonchev–Trinajstić information content (AvgIpc) is 3.15. The van der Waals surface area contributed by atoms with Crippen molar-refractivity contribution in [2.75, 3.05) is 0 Å². The molecule has 0 unspecified atom stereocenters. The summed E-state index contributed by atoms with van der Waals surface area (Å²) in [5.74, 6) is 1.58. The molecule has 0 aliphatic rings. The molecule has 3 rings (SSSR count). The predicted octanol–water partition coefficient (Wildman–Crippen LogP) is 2.32. The fraction of sp³-hybridized carbons (Fsp3) is 0.333. The molecule has 9 heteroatoms. The molecule has 0 saturated carbocycles. The third-order valence-electron chi connectivity index (χ3n) is 2.77. The van der Waals surface area contributed by atoms with E-state index in [-0.39, 0.29) is 0 Å². The SMILES string of the molecule is CCc1nsc(Sc2nnc(-c3cnccn3)n2CC)n1. The highest BCUT2D eigenvalue weighted by Gasteiger charge is 2.16. The van der Waals surface area contributed by atoms with Gasteiger partial charge in [-0.3, -0.25) is 4.98 Å². The molecule has 7 nitrogen and oxygen atoms in total. The lowest BCUT2D eigenvalue weighted by Gasteiger charge is -2.04. The number of hydrogen-bond donors (Lipinski definition) is 0. The van der Waals surface area contributed by atoms with E-state index in [0.717, 1.165) is 28.3 Å².